The molecule has 3 heteroatoms. The molecule has 1 saturated heterocycles. The molecule has 1 unspecified atom stereocenters. The van der Waals surface area contributed by atoms with E-state index in [0.29, 0.717) is 6.42 Å². The Morgan fingerprint density at radius 3 is 2.92 bits per heavy atom. The van der Waals surface area contributed by atoms with E-state index in [2.05, 4.69) is 11.8 Å². The van der Waals surface area contributed by atoms with Gasteiger partial charge in [0.05, 0.1) is 5.60 Å². The summed E-state index contributed by atoms with van der Waals surface area (Å²) in [6, 6.07) is 0. The summed E-state index contributed by atoms with van der Waals surface area (Å²) in [6.07, 6.45) is 3.65. The lowest BCUT2D eigenvalue weighted by Gasteiger charge is -2.40. The first-order valence-corrected chi connectivity index (χ1v) is 4.97. The van der Waals surface area contributed by atoms with Gasteiger partial charge in [0.15, 0.2) is 0 Å². The number of aldehydes is 1. The number of carbonyl (C=O) groups is 1. The van der Waals surface area contributed by atoms with E-state index < -0.39 is 0 Å². The molecule has 0 N–H and O–H groups in total. The largest absolute Gasteiger partial charge is 0.376 e. The van der Waals surface area contributed by atoms with Crippen LogP contribution in [0.2, 0.25) is 0 Å². The average molecular weight is 185 g/mol. The highest BCUT2D eigenvalue weighted by atomic mass is 16.5. The van der Waals surface area contributed by atoms with Gasteiger partial charge < -0.3 is 14.4 Å². The molecule has 76 valence electrons. The lowest BCUT2D eigenvalue weighted by Crippen LogP contribution is -2.49. The molecule has 0 spiro atoms. The van der Waals surface area contributed by atoms with Gasteiger partial charge in [0.25, 0.3) is 0 Å². The molecule has 1 heterocycles. The van der Waals surface area contributed by atoms with Gasteiger partial charge in [0.1, 0.15) is 6.29 Å². The third kappa shape index (κ3) is 2.51. The summed E-state index contributed by atoms with van der Waals surface area (Å²) < 4.78 is 5.48. The van der Waals surface area contributed by atoms with Gasteiger partial charge >= 0.3 is 0 Å². The molecule has 0 amide bonds. The number of likely N-dealkylation sites (tertiary alicyclic amines) is 1. The Morgan fingerprint density at radius 2 is 2.38 bits per heavy atom. The van der Waals surface area contributed by atoms with E-state index in [1.807, 2.05) is 0 Å². The molecular formula is C10H19NO2. The number of likely N-dealkylation sites (N-methyl/N-ethyl adjacent to an activating group) is 1. The van der Waals surface area contributed by atoms with E-state index in [4.69, 9.17) is 4.74 Å². The summed E-state index contributed by atoms with van der Waals surface area (Å²) in [4.78, 5) is 12.9. The summed E-state index contributed by atoms with van der Waals surface area (Å²) >= 11 is 0. The fraction of sp³-hybridized carbons (Fsp3) is 0.900. The van der Waals surface area contributed by atoms with Crippen molar-refractivity contribution in [2.24, 2.45) is 0 Å². The molecule has 13 heavy (non-hydrogen) atoms. The van der Waals surface area contributed by atoms with Crippen LogP contribution in [0.15, 0.2) is 0 Å². The summed E-state index contributed by atoms with van der Waals surface area (Å²) in [7, 11) is 1.71. The minimum Gasteiger partial charge on any atom is -0.376 e. The van der Waals surface area contributed by atoms with E-state index in [-0.39, 0.29) is 5.60 Å². The quantitative estimate of drug-likeness (QED) is 0.614. The average Bonchev–Trinajstić information content (AvgIpc) is 2.19. The van der Waals surface area contributed by atoms with Crippen LogP contribution < -0.4 is 0 Å². The van der Waals surface area contributed by atoms with Crippen molar-refractivity contribution in [3.8, 4) is 0 Å². The van der Waals surface area contributed by atoms with Crippen molar-refractivity contribution in [1.29, 1.82) is 0 Å². The maximum absolute atomic E-state index is 10.5. The molecule has 0 aliphatic carbocycles. The monoisotopic (exact) mass is 185 g/mol. The summed E-state index contributed by atoms with van der Waals surface area (Å²) in [5.74, 6) is 0. The van der Waals surface area contributed by atoms with Gasteiger partial charge in [-0.25, -0.2) is 0 Å². The van der Waals surface area contributed by atoms with Crippen molar-refractivity contribution in [2.45, 2.75) is 31.8 Å². The molecule has 0 saturated carbocycles. The van der Waals surface area contributed by atoms with Crippen LogP contribution in [0.25, 0.3) is 0 Å². The first kappa shape index (κ1) is 10.7. The van der Waals surface area contributed by atoms with Crippen LogP contribution in [0, 0.1) is 0 Å². The fourth-order valence-corrected chi connectivity index (χ4v) is 2.03. The zero-order chi connectivity index (χ0) is 9.73. The highest BCUT2D eigenvalue weighted by Crippen LogP contribution is 2.26. The van der Waals surface area contributed by atoms with Gasteiger partial charge in [-0.2, -0.15) is 0 Å². The number of piperidine rings is 1. The van der Waals surface area contributed by atoms with Gasteiger partial charge in [-0.15, -0.1) is 0 Å². The molecule has 0 aromatic carbocycles. The van der Waals surface area contributed by atoms with E-state index in [0.717, 1.165) is 38.8 Å². The third-order valence-corrected chi connectivity index (χ3v) is 2.95. The van der Waals surface area contributed by atoms with Crippen LogP contribution >= 0.6 is 0 Å². The van der Waals surface area contributed by atoms with E-state index in [1.165, 1.54) is 0 Å². The standard InChI is InChI=1S/C10H19NO2/c1-3-11-7-4-5-10(9-11,13-2)6-8-12/h8H,3-7,9H2,1-2H3. The number of hydrogen-bond donors (Lipinski definition) is 0. The zero-order valence-corrected chi connectivity index (χ0v) is 8.58. The van der Waals surface area contributed by atoms with Crippen molar-refractivity contribution in [3.63, 3.8) is 0 Å². The molecule has 1 rings (SSSR count). The Kier molecular flexibility index (Phi) is 3.88. The predicted octanol–water partition coefficient (Wildman–Crippen LogP) is 1.08. The fourth-order valence-electron chi connectivity index (χ4n) is 2.03. The summed E-state index contributed by atoms with van der Waals surface area (Å²) in [6.45, 7) is 5.23. The van der Waals surface area contributed by atoms with Crippen molar-refractivity contribution in [3.05, 3.63) is 0 Å². The molecule has 0 aromatic heterocycles. The molecule has 0 aromatic rings. The molecule has 1 atom stereocenters. The topological polar surface area (TPSA) is 29.5 Å². The maximum Gasteiger partial charge on any atom is 0.122 e. The second-order valence-corrected chi connectivity index (χ2v) is 3.73. The second-order valence-electron chi connectivity index (χ2n) is 3.73. The Labute approximate surface area is 80.1 Å². The number of carbonyl (C=O) groups excluding carboxylic acids is 1. The van der Waals surface area contributed by atoms with Crippen molar-refractivity contribution >= 4 is 6.29 Å². The highest BCUT2D eigenvalue weighted by molar-refractivity contribution is 5.51. The Hall–Kier alpha value is -0.410. The molecule has 1 aliphatic rings. The first-order valence-electron chi connectivity index (χ1n) is 4.97. The predicted molar refractivity (Wildman–Crippen MR) is 51.8 cm³/mol. The van der Waals surface area contributed by atoms with Crippen molar-refractivity contribution < 1.29 is 9.53 Å². The molecule has 1 fully saturated rings. The van der Waals surface area contributed by atoms with Gasteiger partial charge in [-0.3, -0.25) is 0 Å². The lowest BCUT2D eigenvalue weighted by molar-refractivity contribution is -0.118. The minimum absolute atomic E-state index is 0.198. The molecule has 3 nitrogen and oxygen atoms in total. The smallest absolute Gasteiger partial charge is 0.122 e. The third-order valence-electron chi connectivity index (χ3n) is 2.95. The Balaban J connectivity index is 2.57. The number of rotatable bonds is 4. The summed E-state index contributed by atoms with van der Waals surface area (Å²) in [5, 5.41) is 0. The second kappa shape index (κ2) is 4.72. The van der Waals surface area contributed by atoms with E-state index >= 15 is 0 Å². The van der Waals surface area contributed by atoms with Gasteiger partial charge in [-0.05, 0) is 25.9 Å². The van der Waals surface area contributed by atoms with Crippen LogP contribution in [0.1, 0.15) is 26.2 Å². The zero-order valence-electron chi connectivity index (χ0n) is 8.58. The molecule has 0 bridgehead atoms. The highest BCUT2D eigenvalue weighted by Gasteiger charge is 2.34. The van der Waals surface area contributed by atoms with Crippen LogP contribution in [0.4, 0.5) is 0 Å². The van der Waals surface area contributed by atoms with Crippen molar-refractivity contribution in [2.75, 3.05) is 26.7 Å². The molecular weight excluding hydrogens is 166 g/mol. The van der Waals surface area contributed by atoms with Crippen LogP contribution in [-0.4, -0.2) is 43.5 Å². The first-order chi connectivity index (χ1) is 6.26. The normalized spacial score (nSPS) is 30.3. The Morgan fingerprint density at radius 1 is 1.62 bits per heavy atom. The maximum atomic E-state index is 10.5. The molecule has 0 radical (unpaired) electrons. The van der Waals surface area contributed by atoms with Crippen molar-refractivity contribution in [1.82, 2.24) is 4.90 Å². The number of nitrogens with zero attached hydrogens (tertiary/aromatic N) is 1. The van der Waals surface area contributed by atoms with Gasteiger partial charge in [-0.1, -0.05) is 6.92 Å². The number of ether oxygens (including phenoxy) is 1. The number of methoxy groups -OCH3 is 1. The van der Waals surface area contributed by atoms with E-state index in [9.17, 15) is 4.79 Å². The van der Waals surface area contributed by atoms with Gasteiger partial charge in [0.2, 0.25) is 0 Å². The van der Waals surface area contributed by atoms with Gasteiger partial charge in [0, 0.05) is 20.1 Å². The van der Waals surface area contributed by atoms with E-state index in [1.54, 1.807) is 7.11 Å². The lowest BCUT2D eigenvalue weighted by atomic mass is 9.90. The number of hydrogen-bond acceptors (Lipinski definition) is 3. The van der Waals surface area contributed by atoms with Crippen LogP contribution in [-0.2, 0) is 9.53 Å². The van der Waals surface area contributed by atoms with Crippen LogP contribution in [0.3, 0.4) is 0 Å². The molecule has 1 aliphatic heterocycles. The Bertz CT molecular complexity index is 172. The summed E-state index contributed by atoms with van der Waals surface area (Å²) in [5.41, 5.74) is -0.198. The minimum atomic E-state index is -0.198. The van der Waals surface area contributed by atoms with Crippen LogP contribution in [0.5, 0.6) is 0 Å². The SMILES string of the molecule is CCN1CCCC(CC=O)(OC)C1.